The second-order valence-electron chi connectivity index (χ2n) is 3.88. The van der Waals surface area contributed by atoms with E-state index in [1.165, 1.54) is 0 Å². The zero-order valence-corrected chi connectivity index (χ0v) is 9.51. The van der Waals surface area contributed by atoms with Gasteiger partial charge in [0.15, 0.2) is 5.65 Å². The van der Waals surface area contributed by atoms with Crippen molar-refractivity contribution in [3.05, 3.63) is 18.2 Å². The van der Waals surface area contributed by atoms with E-state index in [9.17, 15) is 0 Å². The molecule has 0 radical (unpaired) electrons. The van der Waals surface area contributed by atoms with Crippen LogP contribution in [0.4, 0.5) is 11.8 Å². The van der Waals surface area contributed by atoms with Crippen LogP contribution >= 0.6 is 0 Å². The van der Waals surface area contributed by atoms with Gasteiger partial charge >= 0.3 is 0 Å². The first-order valence-electron chi connectivity index (χ1n) is 5.16. The van der Waals surface area contributed by atoms with E-state index in [1.807, 2.05) is 32.3 Å². The molecule has 2 heterocycles. The molecule has 0 aromatic carbocycles. The third kappa shape index (κ3) is 2.22. The number of fused-ring (bicyclic) bond motifs is 1. The summed E-state index contributed by atoms with van der Waals surface area (Å²) in [4.78, 5) is 6.21. The molecule has 0 atom stereocenters. The van der Waals surface area contributed by atoms with Crippen LogP contribution in [0.25, 0.3) is 5.65 Å². The maximum absolute atomic E-state index is 5.56. The van der Waals surface area contributed by atoms with Crippen LogP contribution in [0.3, 0.4) is 0 Å². The van der Waals surface area contributed by atoms with Gasteiger partial charge in [-0.25, -0.2) is 0 Å². The summed E-state index contributed by atoms with van der Waals surface area (Å²) in [5.74, 6) is 1.20. The third-order valence-corrected chi connectivity index (χ3v) is 2.24. The zero-order chi connectivity index (χ0) is 11.5. The Morgan fingerprint density at radius 1 is 1.44 bits per heavy atom. The standard InChI is InChI=1S/C10H16N6/c1-15(2)7-6-12-8-4-3-5-9-13-10(11)14-16(8)9/h3-5,12H,6-7H2,1-2H3,(H2,11,14). The van der Waals surface area contributed by atoms with Gasteiger partial charge in [-0.05, 0) is 26.2 Å². The van der Waals surface area contributed by atoms with Crippen molar-refractivity contribution >= 4 is 17.4 Å². The summed E-state index contributed by atoms with van der Waals surface area (Å²) >= 11 is 0. The Labute approximate surface area is 94.1 Å². The summed E-state index contributed by atoms with van der Waals surface area (Å²) in [6.45, 7) is 1.81. The van der Waals surface area contributed by atoms with Gasteiger partial charge in [0.2, 0.25) is 5.95 Å². The predicted molar refractivity (Wildman–Crippen MR) is 64.4 cm³/mol. The normalized spacial score (nSPS) is 11.2. The van der Waals surface area contributed by atoms with Crippen molar-refractivity contribution in [2.24, 2.45) is 0 Å². The average Bonchev–Trinajstić information content (AvgIpc) is 2.58. The van der Waals surface area contributed by atoms with Gasteiger partial charge in [-0.2, -0.15) is 9.50 Å². The molecule has 2 aromatic heterocycles. The molecule has 0 aliphatic rings. The highest BCUT2D eigenvalue weighted by molar-refractivity contribution is 5.50. The summed E-state index contributed by atoms with van der Waals surface area (Å²) < 4.78 is 1.71. The first-order valence-corrected chi connectivity index (χ1v) is 5.16. The maximum Gasteiger partial charge on any atom is 0.240 e. The van der Waals surface area contributed by atoms with E-state index in [4.69, 9.17) is 5.73 Å². The molecule has 0 spiro atoms. The molecule has 3 N–H and O–H groups in total. The molecule has 0 aliphatic carbocycles. The SMILES string of the molecule is CN(C)CCNc1cccc2nc(N)nn12. The van der Waals surface area contributed by atoms with Crippen molar-refractivity contribution < 1.29 is 0 Å². The Bertz CT molecular complexity index is 475. The molecule has 0 amide bonds. The van der Waals surface area contributed by atoms with Crippen molar-refractivity contribution in [2.75, 3.05) is 38.2 Å². The first kappa shape index (κ1) is 10.7. The smallest absolute Gasteiger partial charge is 0.240 e. The second-order valence-corrected chi connectivity index (χ2v) is 3.88. The lowest BCUT2D eigenvalue weighted by Crippen LogP contribution is -2.21. The number of rotatable bonds is 4. The van der Waals surface area contributed by atoms with Gasteiger partial charge in [-0.1, -0.05) is 6.07 Å². The van der Waals surface area contributed by atoms with E-state index in [0.717, 1.165) is 24.6 Å². The molecule has 6 heteroatoms. The number of hydrogen-bond donors (Lipinski definition) is 2. The number of nitrogens with zero attached hydrogens (tertiary/aromatic N) is 4. The highest BCUT2D eigenvalue weighted by Crippen LogP contribution is 2.10. The van der Waals surface area contributed by atoms with Gasteiger partial charge in [-0.3, -0.25) is 0 Å². The molecule has 0 unspecified atom stereocenters. The fourth-order valence-corrected chi connectivity index (χ4v) is 1.46. The second kappa shape index (κ2) is 4.36. The molecule has 6 nitrogen and oxygen atoms in total. The molecular formula is C10H16N6. The van der Waals surface area contributed by atoms with E-state index in [2.05, 4.69) is 20.3 Å². The predicted octanol–water partition coefficient (Wildman–Crippen LogP) is 0.285. The van der Waals surface area contributed by atoms with Crippen LogP contribution < -0.4 is 11.1 Å². The minimum Gasteiger partial charge on any atom is -0.369 e. The number of nitrogens with two attached hydrogens (primary N) is 1. The summed E-state index contributed by atoms with van der Waals surface area (Å²) in [6.07, 6.45) is 0. The van der Waals surface area contributed by atoms with Crippen LogP contribution in [0.15, 0.2) is 18.2 Å². The molecule has 86 valence electrons. The number of nitrogens with one attached hydrogen (secondary N) is 1. The highest BCUT2D eigenvalue weighted by atomic mass is 15.4. The van der Waals surface area contributed by atoms with E-state index >= 15 is 0 Å². The maximum atomic E-state index is 5.56. The Kier molecular flexibility index (Phi) is 2.91. The molecule has 0 saturated carbocycles. The van der Waals surface area contributed by atoms with Crippen LogP contribution in [0.5, 0.6) is 0 Å². The molecule has 0 bridgehead atoms. The van der Waals surface area contributed by atoms with Crippen LogP contribution in [-0.2, 0) is 0 Å². The minimum atomic E-state index is 0.293. The third-order valence-electron chi connectivity index (χ3n) is 2.24. The molecule has 2 rings (SSSR count). The lowest BCUT2D eigenvalue weighted by Gasteiger charge is -2.11. The quantitative estimate of drug-likeness (QED) is 0.774. The Hall–Kier alpha value is -1.82. The lowest BCUT2D eigenvalue weighted by molar-refractivity contribution is 0.425. The van der Waals surface area contributed by atoms with Gasteiger partial charge < -0.3 is 16.0 Å². The molecule has 0 aliphatic heterocycles. The van der Waals surface area contributed by atoms with E-state index < -0.39 is 0 Å². The zero-order valence-electron chi connectivity index (χ0n) is 9.51. The number of pyridine rings is 1. The largest absolute Gasteiger partial charge is 0.369 e. The summed E-state index contributed by atoms with van der Waals surface area (Å²) in [5.41, 5.74) is 6.31. The molecule has 2 aromatic rings. The van der Waals surface area contributed by atoms with Crippen LogP contribution in [-0.4, -0.2) is 46.7 Å². The summed E-state index contributed by atoms with van der Waals surface area (Å²) in [6, 6.07) is 5.76. The number of hydrogen-bond acceptors (Lipinski definition) is 5. The Balaban J connectivity index is 2.17. The Morgan fingerprint density at radius 3 is 3.00 bits per heavy atom. The number of likely N-dealkylation sites (N-methyl/N-ethyl adjacent to an activating group) is 1. The van der Waals surface area contributed by atoms with Crippen molar-refractivity contribution in [2.45, 2.75) is 0 Å². The lowest BCUT2D eigenvalue weighted by atomic mass is 10.4. The first-order chi connectivity index (χ1) is 7.66. The molecular weight excluding hydrogens is 204 g/mol. The van der Waals surface area contributed by atoms with Gasteiger partial charge in [0.1, 0.15) is 5.82 Å². The number of anilines is 2. The Morgan fingerprint density at radius 2 is 2.25 bits per heavy atom. The van der Waals surface area contributed by atoms with Gasteiger partial charge in [-0.15, -0.1) is 5.10 Å². The fourth-order valence-electron chi connectivity index (χ4n) is 1.46. The number of aromatic nitrogens is 3. The average molecular weight is 220 g/mol. The van der Waals surface area contributed by atoms with Gasteiger partial charge in [0.05, 0.1) is 0 Å². The monoisotopic (exact) mass is 220 g/mol. The molecule has 0 saturated heterocycles. The van der Waals surface area contributed by atoms with E-state index in [0.29, 0.717) is 5.95 Å². The minimum absolute atomic E-state index is 0.293. The van der Waals surface area contributed by atoms with Crippen molar-refractivity contribution in [1.82, 2.24) is 19.5 Å². The van der Waals surface area contributed by atoms with Gasteiger partial charge in [0, 0.05) is 13.1 Å². The summed E-state index contributed by atoms with van der Waals surface area (Å²) in [5, 5.41) is 7.41. The number of nitrogen functional groups attached to an aromatic ring is 1. The van der Waals surface area contributed by atoms with Crippen molar-refractivity contribution in [3.63, 3.8) is 0 Å². The van der Waals surface area contributed by atoms with Crippen LogP contribution in [0.2, 0.25) is 0 Å². The van der Waals surface area contributed by atoms with Crippen LogP contribution in [0.1, 0.15) is 0 Å². The van der Waals surface area contributed by atoms with Gasteiger partial charge in [0.25, 0.3) is 0 Å². The van der Waals surface area contributed by atoms with Crippen molar-refractivity contribution in [3.8, 4) is 0 Å². The van der Waals surface area contributed by atoms with E-state index in [1.54, 1.807) is 4.52 Å². The highest BCUT2D eigenvalue weighted by Gasteiger charge is 2.03. The molecule has 16 heavy (non-hydrogen) atoms. The molecule has 0 fully saturated rings. The summed E-state index contributed by atoms with van der Waals surface area (Å²) in [7, 11) is 4.07. The topological polar surface area (TPSA) is 71.5 Å². The van der Waals surface area contributed by atoms with Crippen molar-refractivity contribution in [1.29, 1.82) is 0 Å². The fraction of sp³-hybridized carbons (Fsp3) is 0.400. The van der Waals surface area contributed by atoms with Crippen LogP contribution in [0, 0.1) is 0 Å². The van der Waals surface area contributed by atoms with E-state index in [-0.39, 0.29) is 0 Å².